The van der Waals surface area contributed by atoms with E-state index in [9.17, 15) is 0 Å². The molecule has 21 heavy (non-hydrogen) atoms. The molecular formula is C16H19ClN2O2. The van der Waals surface area contributed by atoms with Crippen molar-refractivity contribution in [3.8, 4) is 16.9 Å². The number of aromatic nitrogens is 1. The second kappa shape index (κ2) is 5.60. The van der Waals surface area contributed by atoms with Crippen LogP contribution in [-0.4, -0.2) is 12.3 Å². The highest BCUT2D eigenvalue weighted by molar-refractivity contribution is 6.31. The lowest BCUT2D eigenvalue weighted by Gasteiger charge is -2.15. The average Bonchev–Trinajstić information content (AvgIpc) is 3.04. The van der Waals surface area contributed by atoms with E-state index >= 15 is 0 Å². The number of hydrogen-bond acceptors (Lipinski definition) is 4. The van der Waals surface area contributed by atoms with E-state index in [1.807, 2.05) is 12.1 Å². The van der Waals surface area contributed by atoms with Crippen molar-refractivity contribution in [3.63, 3.8) is 0 Å². The number of nitrogens with two attached hydrogens (primary N) is 1. The van der Waals surface area contributed by atoms with Gasteiger partial charge >= 0.3 is 0 Å². The molecule has 1 aromatic carbocycles. The minimum atomic E-state index is 0.324. The highest BCUT2D eigenvalue weighted by atomic mass is 35.5. The van der Waals surface area contributed by atoms with Gasteiger partial charge in [-0.2, -0.15) is 0 Å². The van der Waals surface area contributed by atoms with Crippen LogP contribution in [0.25, 0.3) is 11.1 Å². The predicted octanol–water partition coefficient (Wildman–Crippen LogP) is 4.49. The maximum absolute atomic E-state index is 6.14. The monoisotopic (exact) mass is 306 g/mol. The Morgan fingerprint density at radius 1 is 1.38 bits per heavy atom. The maximum Gasteiger partial charge on any atom is 0.230 e. The standard InChI is InChI=1S/C16H19ClN2O2/c1-9-4-3-5-11(9)15-14(16(18)21-19-15)12-8-10(17)6-7-13(12)20-2/h6-9,11H,3-5,18H2,1-2H3. The first-order valence-corrected chi connectivity index (χ1v) is 7.58. The Morgan fingerprint density at radius 2 is 2.19 bits per heavy atom. The maximum atomic E-state index is 6.14. The summed E-state index contributed by atoms with van der Waals surface area (Å²) in [6.45, 7) is 2.25. The van der Waals surface area contributed by atoms with Gasteiger partial charge < -0.3 is 15.0 Å². The molecule has 1 aromatic heterocycles. The van der Waals surface area contributed by atoms with E-state index in [1.54, 1.807) is 13.2 Å². The Bertz CT molecular complexity index is 654. The topological polar surface area (TPSA) is 61.3 Å². The summed E-state index contributed by atoms with van der Waals surface area (Å²) in [5.41, 5.74) is 8.63. The number of rotatable bonds is 3. The molecular weight excluding hydrogens is 288 g/mol. The van der Waals surface area contributed by atoms with Crippen molar-refractivity contribution >= 4 is 17.5 Å². The summed E-state index contributed by atoms with van der Waals surface area (Å²) in [7, 11) is 1.63. The van der Waals surface area contributed by atoms with Gasteiger partial charge in [0.05, 0.1) is 18.4 Å². The summed E-state index contributed by atoms with van der Waals surface area (Å²) >= 11 is 6.14. The van der Waals surface area contributed by atoms with E-state index in [4.69, 9.17) is 26.6 Å². The van der Waals surface area contributed by atoms with Crippen LogP contribution in [0, 0.1) is 5.92 Å². The Morgan fingerprint density at radius 3 is 2.86 bits per heavy atom. The van der Waals surface area contributed by atoms with Crippen LogP contribution in [0.3, 0.4) is 0 Å². The van der Waals surface area contributed by atoms with Gasteiger partial charge in [-0.1, -0.05) is 36.5 Å². The molecule has 0 radical (unpaired) electrons. The third-order valence-electron chi connectivity index (χ3n) is 4.39. The average molecular weight is 307 g/mol. The quantitative estimate of drug-likeness (QED) is 0.907. The minimum Gasteiger partial charge on any atom is -0.496 e. The van der Waals surface area contributed by atoms with Crippen LogP contribution < -0.4 is 10.5 Å². The third kappa shape index (κ3) is 2.48. The molecule has 112 valence electrons. The van der Waals surface area contributed by atoms with Crippen LogP contribution in [0.1, 0.15) is 37.8 Å². The lowest BCUT2D eigenvalue weighted by atomic mass is 9.89. The number of halogens is 1. The molecule has 0 spiro atoms. The Balaban J connectivity index is 2.14. The highest BCUT2D eigenvalue weighted by Crippen LogP contribution is 2.46. The minimum absolute atomic E-state index is 0.324. The van der Waals surface area contributed by atoms with E-state index in [0.29, 0.717) is 22.7 Å². The van der Waals surface area contributed by atoms with E-state index in [2.05, 4.69) is 12.1 Å². The van der Waals surface area contributed by atoms with Gasteiger partial charge in [-0.05, 0) is 30.5 Å². The first-order chi connectivity index (χ1) is 10.1. The number of hydrogen-bond donors (Lipinski definition) is 1. The van der Waals surface area contributed by atoms with Crippen LogP contribution in [-0.2, 0) is 0 Å². The number of nitrogen functional groups attached to an aromatic ring is 1. The molecule has 0 amide bonds. The van der Waals surface area contributed by atoms with Crippen LogP contribution in [0.15, 0.2) is 22.7 Å². The number of ether oxygens (including phenoxy) is 1. The summed E-state index contributed by atoms with van der Waals surface area (Å²) in [5.74, 6) is 2.01. The molecule has 5 heteroatoms. The van der Waals surface area contributed by atoms with Crippen molar-refractivity contribution < 1.29 is 9.26 Å². The van der Waals surface area contributed by atoms with Crippen LogP contribution >= 0.6 is 11.6 Å². The van der Waals surface area contributed by atoms with E-state index in [-0.39, 0.29) is 0 Å². The zero-order valence-electron chi connectivity index (χ0n) is 12.2. The van der Waals surface area contributed by atoms with Gasteiger partial charge in [0.2, 0.25) is 5.88 Å². The molecule has 4 nitrogen and oxygen atoms in total. The van der Waals surface area contributed by atoms with Crippen LogP contribution in [0.4, 0.5) is 5.88 Å². The van der Waals surface area contributed by atoms with Crippen molar-refractivity contribution in [2.45, 2.75) is 32.1 Å². The molecule has 2 aromatic rings. The molecule has 1 heterocycles. The van der Waals surface area contributed by atoms with Gasteiger partial charge in [0.25, 0.3) is 0 Å². The van der Waals surface area contributed by atoms with Gasteiger partial charge in [-0.25, -0.2) is 0 Å². The molecule has 2 atom stereocenters. The van der Waals surface area contributed by atoms with Gasteiger partial charge in [0, 0.05) is 16.5 Å². The zero-order valence-corrected chi connectivity index (χ0v) is 13.0. The number of nitrogens with zero attached hydrogens (tertiary/aromatic N) is 1. The second-order valence-corrected chi connectivity index (χ2v) is 6.10. The van der Waals surface area contributed by atoms with E-state index in [1.165, 1.54) is 12.8 Å². The Hall–Kier alpha value is -1.68. The SMILES string of the molecule is COc1ccc(Cl)cc1-c1c(C2CCCC2C)noc1N. The molecule has 3 rings (SSSR count). The fraction of sp³-hybridized carbons (Fsp3) is 0.438. The first-order valence-electron chi connectivity index (χ1n) is 7.20. The summed E-state index contributed by atoms with van der Waals surface area (Å²) in [6, 6.07) is 5.49. The van der Waals surface area contributed by atoms with E-state index in [0.717, 1.165) is 29.0 Å². The highest BCUT2D eigenvalue weighted by Gasteiger charge is 2.32. The van der Waals surface area contributed by atoms with Crippen molar-refractivity contribution in [1.82, 2.24) is 5.16 Å². The van der Waals surface area contributed by atoms with Crippen LogP contribution in [0.2, 0.25) is 5.02 Å². The number of methoxy groups -OCH3 is 1. The molecule has 2 unspecified atom stereocenters. The van der Waals surface area contributed by atoms with Crippen LogP contribution in [0.5, 0.6) is 5.75 Å². The molecule has 1 aliphatic carbocycles. The summed E-state index contributed by atoms with van der Waals surface area (Å²) in [6.07, 6.45) is 3.54. The molecule has 0 aliphatic heterocycles. The lowest BCUT2D eigenvalue weighted by Crippen LogP contribution is -2.04. The predicted molar refractivity (Wildman–Crippen MR) is 83.7 cm³/mol. The molecule has 1 fully saturated rings. The van der Waals surface area contributed by atoms with Crippen molar-refractivity contribution in [2.24, 2.45) is 5.92 Å². The van der Waals surface area contributed by atoms with Crippen molar-refractivity contribution in [3.05, 3.63) is 28.9 Å². The first kappa shape index (κ1) is 14.3. The smallest absolute Gasteiger partial charge is 0.230 e. The number of benzene rings is 1. The van der Waals surface area contributed by atoms with Crippen molar-refractivity contribution in [2.75, 3.05) is 12.8 Å². The lowest BCUT2D eigenvalue weighted by molar-refractivity contribution is 0.407. The van der Waals surface area contributed by atoms with Gasteiger partial charge in [0.1, 0.15) is 5.75 Å². The zero-order chi connectivity index (χ0) is 15.0. The molecule has 2 N–H and O–H groups in total. The normalized spacial score (nSPS) is 21.7. The van der Waals surface area contributed by atoms with Crippen molar-refractivity contribution in [1.29, 1.82) is 0 Å². The largest absolute Gasteiger partial charge is 0.496 e. The summed E-state index contributed by atoms with van der Waals surface area (Å²) < 4.78 is 10.7. The fourth-order valence-corrected chi connectivity index (χ4v) is 3.44. The fourth-order valence-electron chi connectivity index (χ4n) is 3.27. The Kier molecular flexibility index (Phi) is 3.81. The second-order valence-electron chi connectivity index (χ2n) is 5.67. The van der Waals surface area contributed by atoms with Gasteiger partial charge in [-0.15, -0.1) is 0 Å². The Labute approximate surface area is 129 Å². The molecule has 1 aliphatic rings. The molecule has 1 saturated carbocycles. The molecule has 0 saturated heterocycles. The van der Waals surface area contributed by atoms with E-state index < -0.39 is 0 Å². The number of anilines is 1. The third-order valence-corrected chi connectivity index (χ3v) is 4.62. The summed E-state index contributed by atoms with van der Waals surface area (Å²) in [5, 5.41) is 4.87. The van der Waals surface area contributed by atoms with Gasteiger partial charge in [0.15, 0.2) is 0 Å². The molecule has 0 bridgehead atoms. The van der Waals surface area contributed by atoms with Gasteiger partial charge in [-0.3, -0.25) is 0 Å². The summed E-state index contributed by atoms with van der Waals surface area (Å²) in [4.78, 5) is 0.